The summed E-state index contributed by atoms with van der Waals surface area (Å²) in [6.07, 6.45) is 1.95. The smallest absolute Gasteiger partial charge is 0.0471 e. The highest BCUT2D eigenvalue weighted by Gasteiger charge is 2.09. The predicted octanol–water partition coefficient (Wildman–Crippen LogP) is 1.02. The van der Waals surface area contributed by atoms with Crippen LogP contribution in [0, 0.1) is 0 Å². The summed E-state index contributed by atoms with van der Waals surface area (Å²) in [7, 11) is 0. The lowest BCUT2D eigenvalue weighted by molar-refractivity contribution is 0.299. The lowest BCUT2D eigenvalue weighted by Crippen LogP contribution is -2.27. The first kappa shape index (κ1) is 11.4. The molecule has 1 aliphatic heterocycles. The summed E-state index contributed by atoms with van der Waals surface area (Å²) in [5.74, 6) is 0. The first-order valence-electron chi connectivity index (χ1n) is 6.05. The van der Waals surface area contributed by atoms with Gasteiger partial charge in [-0.2, -0.15) is 0 Å². The van der Waals surface area contributed by atoms with E-state index >= 15 is 0 Å². The van der Waals surface area contributed by atoms with Crippen molar-refractivity contribution in [1.82, 2.24) is 5.32 Å². The third kappa shape index (κ3) is 2.97. The number of benzene rings is 1. The molecule has 3 heteroatoms. The van der Waals surface area contributed by atoms with Gasteiger partial charge in [-0.3, -0.25) is 0 Å². The van der Waals surface area contributed by atoms with Gasteiger partial charge in [0.1, 0.15) is 0 Å². The summed E-state index contributed by atoms with van der Waals surface area (Å²) in [6.45, 7) is 4.60. The van der Waals surface area contributed by atoms with Crippen molar-refractivity contribution >= 4 is 5.69 Å². The van der Waals surface area contributed by atoms with Crippen LogP contribution >= 0.6 is 0 Å². The highest BCUT2D eigenvalue weighted by molar-refractivity contribution is 5.48. The highest BCUT2D eigenvalue weighted by Crippen LogP contribution is 2.17. The molecule has 0 spiro atoms. The Morgan fingerprint density at radius 2 is 2.19 bits per heavy atom. The molecule has 0 saturated carbocycles. The van der Waals surface area contributed by atoms with Crippen molar-refractivity contribution in [3.05, 3.63) is 29.8 Å². The summed E-state index contributed by atoms with van der Waals surface area (Å²) < 4.78 is 0. The second-order valence-electron chi connectivity index (χ2n) is 4.23. The molecule has 0 amide bonds. The molecule has 1 aromatic carbocycles. The number of anilines is 1. The largest absolute Gasteiger partial charge is 0.396 e. The Morgan fingerprint density at radius 3 is 3.06 bits per heavy atom. The van der Waals surface area contributed by atoms with Crippen LogP contribution < -0.4 is 10.2 Å². The summed E-state index contributed by atoms with van der Waals surface area (Å²) in [5.41, 5.74) is 2.51. The molecule has 1 saturated heterocycles. The molecule has 3 nitrogen and oxygen atoms in total. The minimum atomic E-state index is 0.227. The Morgan fingerprint density at radius 1 is 1.25 bits per heavy atom. The molecule has 0 aliphatic carbocycles. The van der Waals surface area contributed by atoms with Crippen LogP contribution in [0.4, 0.5) is 5.69 Å². The molecule has 0 radical (unpaired) electrons. The summed E-state index contributed by atoms with van der Waals surface area (Å²) >= 11 is 0. The maximum atomic E-state index is 8.94. The SMILES string of the molecule is OCCc1cccc(N2CCCNCC2)c1. The van der Waals surface area contributed by atoms with E-state index in [0.717, 1.165) is 32.6 Å². The van der Waals surface area contributed by atoms with E-state index in [0.29, 0.717) is 0 Å². The molecule has 2 rings (SSSR count). The van der Waals surface area contributed by atoms with Crippen molar-refractivity contribution in [3.8, 4) is 0 Å². The summed E-state index contributed by atoms with van der Waals surface area (Å²) in [6, 6.07) is 8.52. The molecule has 88 valence electrons. The van der Waals surface area contributed by atoms with Gasteiger partial charge < -0.3 is 15.3 Å². The molecule has 1 fully saturated rings. The number of hydrogen-bond donors (Lipinski definition) is 2. The van der Waals surface area contributed by atoms with Crippen LogP contribution in [0.15, 0.2) is 24.3 Å². The van der Waals surface area contributed by atoms with Gasteiger partial charge >= 0.3 is 0 Å². The zero-order valence-electron chi connectivity index (χ0n) is 9.65. The van der Waals surface area contributed by atoms with Gasteiger partial charge in [0.25, 0.3) is 0 Å². The molecule has 0 aromatic heterocycles. The van der Waals surface area contributed by atoms with Gasteiger partial charge in [0, 0.05) is 31.9 Å². The van der Waals surface area contributed by atoms with Crippen LogP contribution in [0.2, 0.25) is 0 Å². The molecule has 0 atom stereocenters. The molecular weight excluding hydrogens is 200 g/mol. The molecule has 2 N–H and O–H groups in total. The molecule has 1 aliphatic rings. The third-order valence-corrected chi connectivity index (χ3v) is 3.02. The van der Waals surface area contributed by atoms with Crippen LogP contribution in [-0.2, 0) is 6.42 Å². The fourth-order valence-corrected chi connectivity index (χ4v) is 2.14. The van der Waals surface area contributed by atoms with E-state index in [1.807, 2.05) is 0 Å². The van der Waals surface area contributed by atoms with E-state index in [9.17, 15) is 0 Å². The van der Waals surface area contributed by atoms with E-state index in [1.165, 1.54) is 17.7 Å². The van der Waals surface area contributed by atoms with Gasteiger partial charge in [-0.05, 0) is 37.1 Å². The topological polar surface area (TPSA) is 35.5 Å². The lowest BCUT2D eigenvalue weighted by Gasteiger charge is -2.22. The average Bonchev–Trinajstić information content (AvgIpc) is 2.58. The number of hydrogen-bond acceptors (Lipinski definition) is 3. The number of rotatable bonds is 3. The van der Waals surface area contributed by atoms with Gasteiger partial charge in [-0.25, -0.2) is 0 Å². The molecule has 0 unspecified atom stereocenters. The number of nitrogens with zero attached hydrogens (tertiary/aromatic N) is 1. The van der Waals surface area contributed by atoms with E-state index in [4.69, 9.17) is 5.11 Å². The number of aliphatic hydroxyl groups is 1. The number of aliphatic hydroxyl groups excluding tert-OH is 1. The zero-order chi connectivity index (χ0) is 11.2. The predicted molar refractivity (Wildman–Crippen MR) is 66.9 cm³/mol. The Hall–Kier alpha value is -1.06. The fourth-order valence-electron chi connectivity index (χ4n) is 2.14. The maximum absolute atomic E-state index is 8.94. The van der Waals surface area contributed by atoms with Gasteiger partial charge in [0.15, 0.2) is 0 Å². The average molecular weight is 220 g/mol. The van der Waals surface area contributed by atoms with E-state index in [2.05, 4.69) is 34.5 Å². The Balaban J connectivity index is 2.08. The van der Waals surface area contributed by atoms with Gasteiger partial charge in [0.05, 0.1) is 0 Å². The normalized spacial score (nSPS) is 17.2. The van der Waals surface area contributed by atoms with Gasteiger partial charge in [-0.1, -0.05) is 12.1 Å². The first-order chi connectivity index (χ1) is 7.90. The van der Waals surface area contributed by atoms with Gasteiger partial charge in [-0.15, -0.1) is 0 Å². The number of nitrogens with one attached hydrogen (secondary N) is 1. The molecule has 1 aromatic rings. The van der Waals surface area contributed by atoms with Crippen molar-refractivity contribution < 1.29 is 5.11 Å². The van der Waals surface area contributed by atoms with Crippen LogP contribution in [0.25, 0.3) is 0 Å². The second kappa shape index (κ2) is 5.87. The minimum Gasteiger partial charge on any atom is -0.396 e. The highest BCUT2D eigenvalue weighted by atomic mass is 16.2. The molecule has 0 bridgehead atoms. The van der Waals surface area contributed by atoms with Crippen LogP contribution in [0.3, 0.4) is 0 Å². The molecule has 1 heterocycles. The Bertz CT molecular complexity index is 319. The summed E-state index contributed by atoms with van der Waals surface area (Å²) in [4.78, 5) is 2.42. The monoisotopic (exact) mass is 220 g/mol. The van der Waals surface area contributed by atoms with E-state index in [-0.39, 0.29) is 6.61 Å². The Labute approximate surface area is 97.1 Å². The van der Waals surface area contributed by atoms with E-state index in [1.54, 1.807) is 0 Å². The zero-order valence-corrected chi connectivity index (χ0v) is 9.65. The third-order valence-electron chi connectivity index (χ3n) is 3.02. The summed E-state index contributed by atoms with van der Waals surface area (Å²) in [5, 5.41) is 12.3. The Kier molecular flexibility index (Phi) is 4.19. The maximum Gasteiger partial charge on any atom is 0.0471 e. The van der Waals surface area contributed by atoms with Crippen LogP contribution in [0.5, 0.6) is 0 Å². The van der Waals surface area contributed by atoms with Crippen LogP contribution in [-0.4, -0.2) is 37.9 Å². The molecule has 16 heavy (non-hydrogen) atoms. The van der Waals surface area contributed by atoms with Crippen molar-refractivity contribution in [1.29, 1.82) is 0 Å². The van der Waals surface area contributed by atoms with Crippen molar-refractivity contribution in [3.63, 3.8) is 0 Å². The van der Waals surface area contributed by atoms with Crippen molar-refractivity contribution in [2.45, 2.75) is 12.8 Å². The van der Waals surface area contributed by atoms with Crippen LogP contribution in [0.1, 0.15) is 12.0 Å². The lowest BCUT2D eigenvalue weighted by atomic mass is 10.1. The van der Waals surface area contributed by atoms with Crippen molar-refractivity contribution in [2.75, 3.05) is 37.7 Å². The van der Waals surface area contributed by atoms with E-state index < -0.39 is 0 Å². The minimum absolute atomic E-state index is 0.227. The van der Waals surface area contributed by atoms with Crippen molar-refractivity contribution in [2.24, 2.45) is 0 Å². The fraction of sp³-hybridized carbons (Fsp3) is 0.538. The second-order valence-corrected chi connectivity index (χ2v) is 4.23. The quantitative estimate of drug-likeness (QED) is 0.798. The molecular formula is C13H20N2O. The standard InChI is InChI=1S/C13H20N2O/c16-10-5-12-3-1-4-13(11-12)15-8-2-6-14-7-9-15/h1,3-4,11,14,16H,2,5-10H2. The first-order valence-corrected chi connectivity index (χ1v) is 6.05. The van der Waals surface area contributed by atoms with Gasteiger partial charge in [0.2, 0.25) is 0 Å².